The number of hydrogen-bond donors (Lipinski definition) is 0. The fourth-order valence-corrected chi connectivity index (χ4v) is 3.63. The van der Waals surface area contributed by atoms with Crippen molar-refractivity contribution in [2.45, 2.75) is 65.9 Å². The molecule has 0 heterocycles. The summed E-state index contributed by atoms with van der Waals surface area (Å²) in [6, 6.07) is 8.70. The molecular weight excluding hydrogens is 279 g/mol. The first-order valence-corrected chi connectivity index (χ1v) is 9.54. The van der Waals surface area contributed by atoms with Crippen molar-refractivity contribution in [3.63, 3.8) is 0 Å². The number of allylic oxidation sites excluding steroid dienone is 2. The second kappa shape index (κ2) is 8.43. The molecule has 0 aromatic heterocycles. The van der Waals surface area contributed by atoms with Crippen LogP contribution in [0.25, 0.3) is 11.6 Å². The molecule has 0 N–H and O–H groups in total. The van der Waals surface area contributed by atoms with Crippen LogP contribution in [0.4, 0.5) is 0 Å². The average molecular weight is 311 g/mol. The molecule has 1 aliphatic rings. The van der Waals surface area contributed by atoms with Crippen LogP contribution < -0.4 is 0 Å². The number of hydrogen-bond acceptors (Lipinski definition) is 1. The SMILES string of the molecule is CCCC[C@H]1C=Cc2ccccc2/C1=C\O[B-](CC)(CC)CC. The third kappa shape index (κ3) is 4.10. The van der Waals surface area contributed by atoms with E-state index < -0.39 is 6.35 Å². The maximum atomic E-state index is 6.45. The van der Waals surface area contributed by atoms with Gasteiger partial charge in [-0.1, -0.05) is 77.0 Å². The second-order valence-corrected chi connectivity index (χ2v) is 7.00. The van der Waals surface area contributed by atoms with Crippen LogP contribution in [-0.2, 0) is 4.65 Å². The first-order valence-electron chi connectivity index (χ1n) is 9.54. The molecule has 1 atom stereocenters. The Hall–Kier alpha value is -1.44. The predicted octanol–water partition coefficient (Wildman–Crippen LogP) is 6.88. The van der Waals surface area contributed by atoms with E-state index in [0.29, 0.717) is 5.92 Å². The van der Waals surface area contributed by atoms with Gasteiger partial charge in [-0.05, 0) is 23.1 Å². The summed E-state index contributed by atoms with van der Waals surface area (Å²) in [5.74, 6) is 0.490. The molecule has 1 aromatic carbocycles. The van der Waals surface area contributed by atoms with Crippen LogP contribution in [0, 0.1) is 5.92 Å². The Labute approximate surface area is 142 Å². The maximum Gasteiger partial charge on any atom is 0.163 e. The molecule has 0 aliphatic heterocycles. The molecular formula is C21H32BO-. The van der Waals surface area contributed by atoms with Gasteiger partial charge in [-0.25, -0.2) is 0 Å². The molecule has 0 fully saturated rings. The van der Waals surface area contributed by atoms with E-state index in [2.05, 4.69) is 70.4 Å². The Balaban J connectivity index is 2.32. The minimum atomic E-state index is -0.721. The van der Waals surface area contributed by atoms with Crippen LogP contribution >= 0.6 is 0 Å². The van der Waals surface area contributed by atoms with Gasteiger partial charge in [-0.15, -0.1) is 19.0 Å². The molecule has 126 valence electrons. The minimum absolute atomic E-state index is 0.490. The number of benzene rings is 1. The molecule has 1 aliphatic carbocycles. The lowest BCUT2D eigenvalue weighted by molar-refractivity contribution is 0.455. The fraction of sp³-hybridized carbons (Fsp3) is 0.524. The van der Waals surface area contributed by atoms with Gasteiger partial charge in [0, 0.05) is 12.2 Å². The van der Waals surface area contributed by atoms with Crippen molar-refractivity contribution in [1.29, 1.82) is 0 Å². The highest BCUT2D eigenvalue weighted by Crippen LogP contribution is 2.37. The number of rotatable bonds is 8. The summed E-state index contributed by atoms with van der Waals surface area (Å²) in [6.45, 7) is 9.04. The molecule has 0 spiro atoms. The van der Waals surface area contributed by atoms with E-state index in [-0.39, 0.29) is 0 Å². The summed E-state index contributed by atoms with van der Waals surface area (Å²) < 4.78 is 6.45. The molecule has 0 saturated carbocycles. The molecule has 0 amide bonds. The van der Waals surface area contributed by atoms with Crippen LogP contribution in [0.5, 0.6) is 0 Å². The smallest absolute Gasteiger partial charge is 0.163 e. The van der Waals surface area contributed by atoms with Crippen LogP contribution in [0.2, 0.25) is 19.0 Å². The Kier molecular flexibility index (Phi) is 6.56. The summed E-state index contributed by atoms with van der Waals surface area (Å²) in [6.07, 6.45) is 13.1. The second-order valence-electron chi connectivity index (χ2n) is 7.00. The average Bonchev–Trinajstić information content (AvgIpc) is 2.62. The Bertz CT molecular complexity index is 546. The number of unbranched alkanes of at least 4 members (excludes halogenated alkanes) is 1. The normalized spacial score (nSPS) is 19.0. The highest BCUT2D eigenvalue weighted by Gasteiger charge is 2.23. The first-order chi connectivity index (χ1) is 11.2. The zero-order valence-electron chi connectivity index (χ0n) is 15.3. The monoisotopic (exact) mass is 311 g/mol. The lowest BCUT2D eigenvalue weighted by atomic mass is 9.34. The van der Waals surface area contributed by atoms with Crippen molar-refractivity contribution in [3.05, 3.63) is 47.7 Å². The fourth-order valence-electron chi connectivity index (χ4n) is 3.63. The lowest BCUT2D eigenvalue weighted by Crippen LogP contribution is -2.33. The van der Waals surface area contributed by atoms with E-state index >= 15 is 0 Å². The van der Waals surface area contributed by atoms with E-state index in [1.54, 1.807) is 0 Å². The van der Waals surface area contributed by atoms with Gasteiger partial charge >= 0.3 is 0 Å². The summed E-state index contributed by atoms with van der Waals surface area (Å²) in [7, 11) is 0. The van der Waals surface area contributed by atoms with Crippen molar-refractivity contribution < 1.29 is 4.65 Å². The molecule has 2 heteroatoms. The van der Waals surface area contributed by atoms with Gasteiger partial charge in [0.15, 0.2) is 6.35 Å². The van der Waals surface area contributed by atoms with Gasteiger partial charge in [0.1, 0.15) is 0 Å². The molecule has 0 saturated heterocycles. The molecule has 1 aromatic rings. The summed E-state index contributed by atoms with van der Waals surface area (Å²) in [5.41, 5.74) is 4.04. The zero-order chi connectivity index (χ0) is 16.7. The van der Waals surface area contributed by atoms with E-state index in [1.807, 2.05) is 0 Å². The molecule has 0 bridgehead atoms. The molecule has 23 heavy (non-hydrogen) atoms. The van der Waals surface area contributed by atoms with Gasteiger partial charge < -0.3 is 4.65 Å². The van der Waals surface area contributed by atoms with E-state index in [9.17, 15) is 0 Å². The molecule has 0 radical (unpaired) electrons. The van der Waals surface area contributed by atoms with Crippen molar-refractivity contribution in [3.8, 4) is 0 Å². The van der Waals surface area contributed by atoms with Crippen molar-refractivity contribution in [1.82, 2.24) is 0 Å². The van der Waals surface area contributed by atoms with Gasteiger partial charge in [-0.2, -0.15) is 0 Å². The molecule has 0 unspecified atom stereocenters. The quantitative estimate of drug-likeness (QED) is 0.375. The van der Waals surface area contributed by atoms with Gasteiger partial charge in [-0.3, -0.25) is 0 Å². The highest BCUT2D eigenvalue weighted by atomic mass is 16.4. The minimum Gasteiger partial charge on any atom is -0.718 e. The van der Waals surface area contributed by atoms with E-state index in [1.165, 1.54) is 36.0 Å². The molecule has 2 rings (SSSR count). The summed E-state index contributed by atoms with van der Waals surface area (Å²) in [4.78, 5) is 0. The maximum absolute atomic E-state index is 6.45. The highest BCUT2D eigenvalue weighted by molar-refractivity contribution is 6.73. The largest absolute Gasteiger partial charge is 0.718 e. The van der Waals surface area contributed by atoms with E-state index in [4.69, 9.17) is 4.65 Å². The Morgan fingerprint density at radius 1 is 1.04 bits per heavy atom. The third-order valence-electron chi connectivity index (χ3n) is 5.76. The van der Waals surface area contributed by atoms with Crippen molar-refractivity contribution in [2.24, 2.45) is 5.92 Å². The predicted molar refractivity (Wildman–Crippen MR) is 105 cm³/mol. The van der Waals surface area contributed by atoms with Crippen LogP contribution in [0.15, 0.2) is 36.6 Å². The van der Waals surface area contributed by atoms with Crippen LogP contribution in [0.1, 0.15) is 58.1 Å². The van der Waals surface area contributed by atoms with Crippen LogP contribution in [0.3, 0.4) is 0 Å². The summed E-state index contributed by atoms with van der Waals surface area (Å²) >= 11 is 0. The zero-order valence-corrected chi connectivity index (χ0v) is 15.3. The van der Waals surface area contributed by atoms with Crippen molar-refractivity contribution in [2.75, 3.05) is 0 Å². The molecule has 1 nitrogen and oxygen atoms in total. The third-order valence-corrected chi connectivity index (χ3v) is 5.76. The van der Waals surface area contributed by atoms with Gasteiger partial charge in [0.2, 0.25) is 0 Å². The van der Waals surface area contributed by atoms with E-state index in [0.717, 1.165) is 19.0 Å². The van der Waals surface area contributed by atoms with Gasteiger partial charge in [0.05, 0.1) is 0 Å². The first kappa shape index (κ1) is 17.9. The standard InChI is InChI=1S/C21H32BO/c1-5-9-12-19-16-15-18-13-10-11-14-20(18)21(19)17-23-22(6-2,7-3)8-4/h10-11,13-17,19H,5-9,12H2,1-4H3/q-1/b21-17-/t19-/m0/s1. The van der Waals surface area contributed by atoms with Crippen molar-refractivity contribution >= 4 is 18.0 Å². The Morgan fingerprint density at radius 3 is 2.39 bits per heavy atom. The van der Waals surface area contributed by atoms with Gasteiger partial charge in [0.25, 0.3) is 0 Å². The van der Waals surface area contributed by atoms with Crippen LogP contribution in [-0.4, -0.2) is 6.35 Å². The topological polar surface area (TPSA) is 9.23 Å². The summed E-state index contributed by atoms with van der Waals surface area (Å²) in [5, 5.41) is 0. The Morgan fingerprint density at radius 2 is 1.74 bits per heavy atom. The number of fused-ring (bicyclic) bond motifs is 1. The lowest BCUT2D eigenvalue weighted by Gasteiger charge is -2.38.